The maximum absolute atomic E-state index is 9.40. The molecule has 0 amide bonds. The van der Waals surface area contributed by atoms with Crippen LogP contribution in [0.2, 0.25) is 0 Å². The van der Waals surface area contributed by atoms with Crippen LogP contribution in [-0.2, 0) is 4.74 Å². The highest BCUT2D eigenvalue weighted by molar-refractivity contribution is 8.00. The maximum Gasteiger partial charge on any atom is 0.0785 e. The van der Waals surface area contributed by atoms with Crippen molar-refractivity contribution in [2.45, 2.75) is 37.2 Å². The molecular weight excluding hydrogens is 198 g/mol. The third-order valence-corrected chi connectivity index (χ3v) is 3.82. The number of rotatable bonds is 6. The van der Waals surface area contributed by atoms with Crippen LogP contribution in [-0.4, -0.2) is 48.5 Å². The first-order valence-electron chi connectivity index (χ1n) is 5.24. The van der Waals surface area contributed by atoms with E-state index in [-0.39, 0.29) is 6.10 Å². The molecule has 3 unspecified atom stereocenters. The summed E-state index contributed by atoms with van der Waals surface area (Å²) in [4.78, 5) is 0. The number of ether oxygens (including phenoxy) is 1. The average Bonchev–Trinajstić information content (AvgIpc) is 2.52. The van der Waals surface area contributed by atoms with Crippen LogP contribution in [0.4, 0.5) is 0 Å². The summed E-state index contributed by atoms with van der Waals surface area (Å²) >= 11 is 2.02. The van der Waals surface area contributed by atoms with Gasteiger partial charge in [-0.3, -0.25) is 0 Å². The number of nitrogens with one attached hydrogen (secondary N) is 1. The molecular formula is C10H21NO2S. The van der Waals surface area contributed by atoms with E-state index < -0.39 is 0 Å². The molecule has 3 nitrogen and oxygen atoms in total. The molecule has 3 atom stereocenters. The molecule has 1 saturated heterocycles. The first-order chi connectivity index (χ1) is 6.72. The lowest BCUT2D eigenvalue weighted by atomic mass is 10.2. The Balaban J connectivity index is 1.98. The third-order valence-electron chi connectivity index (χ3n) is 2.47. The van der Waals surface area contributed by atoms with Gasteiger partial charge >= 0.3 is 0 Å². The lowest BCUT2D eigenvalue weighted by Gasteiger charge is -2.13. The predicted molar refractivity (Wildman–Crippen MR) is 60.8 cm³/mol. The average molecular weight is 219 g/mol. The highest BCUT2D eigenvalue weighted by atomic mass is 32.2. The minimum Gasteiger partial charge on any atom is -0.391 e. The summed E-state index contributed by atoms with van der Waals surface area (Å²) in [7, 11) is 1.62. The molecule has 0 aliphatic carbocycles. The Kier molecular flexibility index (Phi) is 5.86. The quantitative estimate of drug-likeness (QED) is 0.695. The van der Waals surface area contributed by atoms with E-state index in [1.54, 1.807) is 7.11 Å². The van der Waals surface area contributed by atoms with Crippen molar-refractivity contribution in [3.63, 3.8) is 0 Å². The van der Waals surface area contributed by atoms with Gasteiger partial charge in [0.05, 0.1) is 12.7 Å². The van der Waals surface area contributed by atoms with Crippen LogP contribution in [0.15, 0.2) is 0 Å². The second kappa shape index (κ2) is 6.67. The molecule has 2 N–H and O–H groups in total. The molecule has 14 heavy (non-hydrogen) atoms. The maximum atomic E-state index is 9.40. The van der Waals surface area contributed by atoms with Gasteiger partial charge in [-0.1, -0.05) is 6.92 Å². The first-order valence-corrected chi connectivity index (χ1v) is 6.29. The van der Waals surface area contributed by atoms with Crippen LogP contribution in [0.25, 0.3) is 0 Å². The van der Waals surface area contributed by atoms with E-state index >= 15 is 0 Å². The summed E-state index contributed by atoms with van der Waals surface area (Å²) < 4.78 is 4.86. The standard InChI is InChI=1S/C10H21NO2S/c1-8-5-9(7-14-8)11-4-3-10(12)6-13-2/h8-12H,3-7H2,1-2H3. The van der Waals surface area contributed by atoms with Gasteiger partial charge in [0, 0.05) is 24.2 Å². The van der Waals surface area contributed by atoms with Crippen molar-refractivity contribution in [1.82, 2.24) is 5.32 Å². The zero-order chi connectivity index (χ0) is 10.4. The number of aliphatic hydroxyl groups excluding tert-OH is 1. The highest BCUT2D eigenvalue weighted by Gasteiger charge is 2.20. The fourth-order valence-corrected chi connectivity index (χ4v) is 2.87. The molecule has 84 valence electrons. The molecule has 1 heterocycles. The molecule has 1 rings (SSSR count). The van der Waals surface area contributed by atoms with Gasteiger partial charge in [0.25, 0.3) is 0 Å². The van der Waals surface area contributed by atoms with Gasteiger partial charge in [-0.05, 0) is 19.4 Å². The number of thioether (sulfide) groups is 1. The zero-order valence-corrected chi connectivity index (χ0v) is 9.85. The van der Waals surface area contributed by atoms with E-state index in [1.165, 1.54) is 12.2 Å². The van der Waals surface area contributed by atoms with Crippen molar-refractivity contribution in [1.29, 1.82) is 0 Å². The summed E-state index contributed by atoms with van der Waals surface area (Å²) in [6, 6.07) is 0.643. The normalized spacial score (nSPS) is 29.4. The van der Waals surface area contributed by atoms with Gasteiger partial charge in [0.1, 0.15) is 0 Å². The van der Waals surface area contributed by atoms with Gasteiger partial charge in [-0.2, -0.15) is 11.8 Å². The highest BCUT2D eigenvalue weighted by Crippen LogP contribution is 2.25. The van der Waals surface area contributed by atoms with Crippen molar-refractivity contribution in [2.24, 2.45) is 0 Å². The van der Waals surface area contributed by atoms with Crippen LogP contribution < -0.4 is 5.32 Å². The monoisotopic (exact) mass is 219 g/mol. The van der Waals surface area contributed by atoms with Crippen LogP contribution in [0, 0.1) is 0 Å². The van der Waals surface area contributed by atoms with Crippen LogP contribution in [0.5, 0.6) is 0 Å². The Morgan fingerprint density at radius 1 is 1.64 bits per heavy atom. The molecule has 1 aliphatic heterocycles. The zero-order valence-electron chi connectivity index (χ0n) is 9.03. The minimum atomic E-state index is -0.320. The Labute approximate surface area is 90.6 Å². The van der Waals surface area contributed by atoms with E-state index in [0.29, 0.717) is 12.6 Å². The van der Waals surface area contributed by atoms with Crippen LogP contribution in [0.3, 0.4) is 0 Å². The Morgan fingerprint density at radius 2 is 2.43 bits per heavy atom. The van der Waals surface area contributed by atoms with E-state index in [0.717, 1.165) is 18.2 Å². The lowest BCUT2D eigenvalue weighted by Crippen LogP contribution is -2.32. The number of aliphatic hydroxyl groups is 1. The topological polar surface area (TPSA) is 41.5 Å². The Hall–Kier alpha value is 0.230. The molecule has 0 bridgehead atoms. The first kappa shape index (κ1) is 12.3. The minimum absolute atomic E-state index is 0.320. The summed E-state index contributed by atoms with van der Waals surface area (Å²) in [5, 5.41) is 13.7. The SMILES string of the molecule is COCC(O)CCNC1CSC(C)C1. The molecule has 0 saturated carbocycles. The van der Waals surface area contributed by atoms with Gasteiger partial charge in [0.15, 0.2) is 0 Å². The second-order valence-electron chi connectivity index (χ2n) is 3.93. The summed E-state index contributed by atoms with van der Waals surface area (Å²) in [5.41, 5.74) is 0. The van der Waals surface area contributed by atoms with Crippen LogP contribution >= 0.6 is 11.8 Å². The van der Waals surface area contributed by atoms with Crippen molar-refractivity contribution in [2.75, 3.05) is 26.0 Å². The summed E-state index contributed by atoms with van der Waals surface area (Å²) in [5.74, 6) is 1.21. The predicted octanol–water partition coefficient (Wildman–Crippen LogP) is 0.867. The smallest absolute Gasteiger partial charge is 0.0785 e. The largest absolute Gasteiger partial charge is 0.391 e. The van der Waals surface area contributed by atoms with Gasteiger partial charge in [-0.15, -0.1) is 0 Å². The summed E-state index contributed by atoms with van der Waals surface area (Å²) in [6.07, 6.45) is 1.72. The summed E-state index contributed by atoms with van der Waals surface area (Å²) in [6.45, 7) is 3.60. The fraction of sp³-hybridized carbons (Fsp3) is 1.00. The Morgan fingerprint density at radius 3 is 3.00 bits per heavy atom. The third kappa shape index (κ3) is 4.64. The van der Waals surface area contributed by atoms with E-state index in [9.17, 15) is 5.11 Å². The van der Waals surface area contributed by atoms with Gasteiger partial charge in [0.2, 0.25) is 0 Å². The van der Waals surface area contributed by atoms with Crippen molar-refractivity contribution >= 4 is 11.8 Å². The lowest BCUT2D eigenvalue weighted by molar-refractivity contribution is 0.0591. The van der Waals surface area contributed by atoms with Gasteiger partial charge < -0.3 is 15.2 Å². The van der Waals surface area contributed by atoms with E-state index in [1.807, 2.05) is 11.8 Å². The molecule has 0 aromatic carbocycles. The van der Waals surface area contributed by atoms with Crippen LogP contribution in [0.1, 0.15) is 19.8 Å². The second-order valence-corrected chi connectivity index (χ2v) is 5.40. The van der Waals surface area contributed by atoms with Crippen molar-refractivity contribution < 1.29 is 9.84 Å². The van der Waals surface area contributed by atoms with Gasteiger partial charge in [-0.25, -0.2) is 0 Å². The number of hydrogen-bond donors (Lipinski definition) is 2. The molecule has 0 aromatic rings. The van der Waals surface area contributed by atoms with E-state index in [2.05, 4.69) is 12.2 Å². The molecule has 1 fully saturated rings. The molecule has 4 heteroatoms. The van der Waals surface area contributed by atoms with E-state index in [4.69, 9.17) is 4.74 Å². The number of hydrogen-bond acceptors (Lipinski definition) is 4. The van der Waals surface area contributed by atoms with Crippen molar-refractivity contribution in [3.8, 4) is 0 Å². The Bertz CT molecular complexity index is 157. The molecule has 0 radical (unpaired) electrons. The molecule has 0 aromatic heterocycles. The number of methoxy groups -OCH3 is 1. The molecule has 0 spiro atoms. The fourth-order valence-electron chi connectivity index (χ4n) is 1.69. The molecule has 1 aliphatic rings. The van der Waals surface area contributed by atoms with Crippen molar-refractivity contribution in [3.05, 3.63) is 0 Å².